The van der Waals surface area contributed by atoms with E-state index in [4.69, 9.17) is 14.2 Å². The van der Waals surface area contributed by atoms with Gasteiger partial charge in [-0.3, -0.25) is 4.79 Å². The number of thiophene rings is 1. The van der Waals surface area contributed by atoms with E-state index in [1.165, 1.54) is 11.3 Å². The number of sulfonamides is 1. The van der Waals surface area contributed by atoms with Crippen LogP contribution in [0.25, 0.3) is 0 Å². The van der Waals surface area contributed by atoms with Crippen LogP contribution in [0.15, 0.2) is 30.3 Å². The molecule has 2 aromatic rings. The van der Waals surface area contributed by atoms with Crippen LogP contribution in [0.4, 0.5) is 0 Å². The van der Waals surface area contributed by atoms with Crippen LogP contribution in [0, 0.1) is 0 Å². The average Bonchev–Trinajstić information content (AvgIpc) is 3.19. The predicted molar refractivity (Wildman–Crippen MR) is 119 cm³/mol. The van der Waals surface area contributed by atoms with E-state index in [2.05, 4.69) is 4.72 Å². The van der Waals surface area contributed by atoms with Crippen molar-refractivity contribution in [2.24, 2.45) is 0 Å². The van der Waals surface area contributed by atoms with Crippen molar-refractivity contribution in [2.75, 3.05) is 32.6 Å². The molecule has 0 bridgehead atoms. The van der Waals surface area contributed by atoms with Gasteiger partial charge in [-0.15, -0.1) is 11.3 Å². The summed E-state index contributed by atoms with van der Waals surface area (Å²) in [6, 6.07) is 8.16. The Labute approximate surface area is 186 Å². The van der Waals surface area contributed by atoms with Crippen LogP contribution in [-0.2, 0) is 21.2 Å². The smallest absolute Gasteiger partial charge is 0.338 e. The first-order chi connectivity index (χ1) is 14.7. The highest BCUT2D eigenvalue weighted by Crippen LogP contribution is 2.29. The second kappa shape index (κ2) is 11.8. The Morgan fingerprint density at radius 3 is 2.52 bits per heavy atom. The maximum Gasteiger partial charge on any atom is 0.338 e. The topological polar surface area (TPSA) is 108 Å². The summed E-state index contributed by atoms with van der Waals surface area (Å²) >= 11 is 1.25. The predicted octanol–water partition coefficient (Wildman–Crippen LogP) is 3.07. The summed E-state index contributed by atoms with van der Waals surface area (Å²) in [6.45, 7) is 4.64. The Bertz CT molecular complexity index is 999. The number of rotatable bonds is 13. The lowest BCUT2D eigenvalue weighted by Gasteiger charge is -2.12. The molecule has 0 amide bonds. The third kappa shape index (κ3) is 8.31. The van der Waals surface area contributed by atoms with Gasteiger partial charge in [0.25, 0.3) is 0 Å². The van der Waals surface area contributed by atoms with E-state index in [0.29, 0.717) is 36.0 Å². The number of carbonyl (C=O) groups excluding carboxylic acids is 2. The summed E-state index contributed by atoms with van der Waals surface area (Å²) in [4.78, 5) is 26.0. The number of hydrogen-bond donors (Lipinski definition) is 1. The Morgan fingerprint density at radius 2 is 1.84 bits per heavy atom. The van der Waals surface area contributed by atoms with E-state index < -0.39 is 22.6 Å². The molecule has 0 saturated heterocycles. The van der Waals surface area contributed by atoms with Gasteiger partial charge >= 0.3 is 5.97 Å². The SMILES string of the molecule is CCCOc1ccc(C(=O)OCC(=O)c2ccc(CCNS(C)(=O)=O)s2)cc1OCC. The molecule has 1 aromatic carbocycles. The highest BCUT2D eigenvalue weighted by Gasteiger charge is 2.16. The molecule has 0 aliphatic carbocycles. The Hall–Kier alpha value is -2.43. The zero-order chi connectivity index (χ0) is 22.9. The van der Waals surface area contributed by atoms with Crippen LogP contribution in [0.1, 0.15) is 45.2 Å². The van der Waals surface area contributed by atoms with Gasteiger partial charge in [0.2, 0.25) is 15.8 Å². The molecule has 170 valence electrons. The number of benzene rings is 1. The van der Waals surface area contributed by atoms with Gasteiger partial charge in [-0.05, 0) is 50.1 Å². The molecule has 31 heavy (non-hydrogen) atoms. The van der Waals surface area contributed by atoms with Crippen LogP contribution in [0.2, 0.25) is 0 Å². The third-order valence-electron chi connectivity index (χ3n) is 3.95. The van der Waals surface area contributed by atoms with Gasteiger partial charge in [-0.25, -0.2) is 17.9 Å². The molecule has 1 N–H and O–H groups in total. The van der Waals surface area contributed by atoms with Gasteiger partial charge in [0.1, 0.15) is 0 Å². The summed E-state index contributed by atoms with van der Waals surface area (Å²) in [5.74, 6) is 0.0363. The van der Waals surface area contributed by atoms with Crippen molar-refractivity contribution in [3.8, 4) is 11.5 Å². The summed E-state index contributed by atoms with van der Waals surface area (Å²) < 4.78 is 40.9. The van der Waals surface area contributed by atoms with E-state index >= 15 is 0 Å². The molecule has 0 atom stereocenters. The zero-order valence-electron chi connectivity index (χ0n) is 17.8. The molecule has 0 radical (unpaired) electrons. The van der Waals surface area contributed by atoms with Gasteiger partial charge in [-0.1, -0.05) is 6.92 Å². The van der Waals surface area contributed by atoms with Crippen molar-refractivity contribution in [2.45, 2.75) is 26.7 Å². The molecule has 10 heteroatoms. The van der Waals surface area contributed by atoms with Crippen molar-refractivity contribution < 1.29 is 32.2 Å². The minimum atomic E-state index is -3.25. The van der Waals surface area contributed by atoms with E-state index in [-0.39, 0.29) is 17.9 Å². The molecule has 2 rings (SSSR count). The molecule has 0 aliphatic heterocycles. The number of carbonyl (C=O) groups is 2. The summed E-state index contributed by atoms with van der Waals surface area (Å²) in [6.07, 6.45) is 2.40. The second-order valence-corrected chi connectivity index (χ2v) is 9.63. The molecule has 1 aromatic heterocycles. The van der Waals surface area contributed by atoms with Crippen LogP contribution in [0.3, 0.4) is 0 Å². The fourth-order valence-corrected chi connectivity index (χ4v) is 3.95. The largest absolute Gasteiger partial charge is 0.490 e. The van der Waals surface area contributed by atoms with Crippen molar-refractivity contribution in [1.29, 1.82) is 0 Å². The first-order valence-electron chi connectivity index (χ1n) is 9.86. The van der Waals surface area contributed by atoms with Gasteiger partial charge in [0, 0.05) is 11.4 Å². The quantitative estimate of drug-likeness (QED) is 0.355. The summed E-state index contributed by atoms with van der Waals surface area (Å²) in [5.41, 5.74) is 0.263. The number of ether oxygens (including phenoxy) is 3. The molecule has 0 fully saturated rings. The molecule has 0 aliphatic rings. The van der Waals surface area contributed by atoms with Crippen molar-refractivity contribution in [3.05, 3.63) is 45.6 Å². The van der Waals surface area contributed by atoms with E-state index in [1.54, 1.807) is 30.3 Å². The lowest BCUT2D eigenvalue weighted by molar-refractivity contribution is 0.0475. The molecule has 0 unspecified atom stereocenters. The first kappa shape index (κ1) is 24.8. The van der Waals surface area contributed by atoms with Crippen LogP contribution in [-0.4, -0.2) is 52.8 Å². The first-order valence-corrected chi connectivity index (χ1v) is 12.6. The number of nitrogens with one attached hydrogen (secondary N) is 1. The minimum absolute atomic E-state index is 0.252. The molecule has 0 spiro atoms. The number of esters is 1. The van der Waals surface area contributed by atoms with Crippen LogP contribution < -0.4 is 14.2 Å². The summed E-state index contributed by atoms with van der Waals surface area (Å²) in [5, 5.41) is 0. The highest BCUT2D eigenvalue weighted by molar-refractivity contribution is 7.88. The van der Waals surface area contributed by atoms with Crippen molar-refractivity contribution in [3.63, 3.8) is 0 Å². The van der Waals surface area contributed by atoms with E-state index in [9.17, 15) is 18.0 Å². The maximum absolute atomic E-state index is 12.4. The Morgan fingerprint density at radius 1 is 1.06 bits per heavy atom. The molecule has 1 heterocycles. The third-order valence-corrected chi connectivity index (χ3v) is 5.86. The standard InChI is InChI=1S/C21H27NO7S2/c1-4-12-28-18-8-6-15(13-19(18)27-5-2)21(24)29-14-17(23)20-9-7-16(30-20)10-11-22-31(3,25)26/h6-9,13,22H,4-5,10-12,14H2,1-3H3. The molecular formula is C21H27NO7S2. The zero-order valence-corrected chi connectivity index (χ0v) is 19.4. The summed E-state index contributed by atoms with van der Waals surface area (Å²) in [7, 11) is -3.25. The number of Topliss-reactive ketones (excluding diaryl/α,β-unsaturated/α-hetero) is 1. The van der Waals surface area contributed by atoms with Crippen molar-refractivity contribution >= 4 is 33.1 Å². The Balaban J connectivity index is 1.93. The van der Waals surface area contributed by atoms with Gasteiger partial charge in [0.05, 0.1) is 29.9 Å². The molecular weight excluding hydrogens is 442 g/mol. The fourth-order valence-electron chi connectivity index (χ4n) is 2.54. The lowest BCUT2D eigenvalue weighted by atomic mass is 10.2. The van der Waals surface area contributed by atoms with Gasteiger partial charge in [0.15, 0.2) is 18.1 Å². The van der Waals surface area contributed by atoms with Crippen LogP contribution >= 0.6 is 11.3 Å². The number of ketones is 1. The minimum Gasteiger partial charge on any atom is -0.490 e. The van der Waals surface area contributed by atoms with Crippen molar-refractivity contribution in [1.82, 2.24) is 4.72 Å². The van der Waals surface area contributed by atoms with E-state index in [0.717, 1.165) is 17.6 Å². The monoisotopic (exact) mass is 469 g/mol. The average molecular weight is 470 g/mol. The van der Waals surface area contributed by atoms with Crippen LogP contribution in [0.5, 0.6) is 11.5 Å². The fraction of sp³-hybridized carbons (Fsp3) is 0.429. The maximum atomic E-state index is 12.4. The van der Waals surface area contributed by atoms with E-state index in [1.807, 2.05) is 13.8 Å². The Kier molecular flexibility index (Phi) is 9.47. The number of hydrogen-bond acceptors (Lipinski definition) is 8. The second-order valence-electron chi connectivity index (χ2n) is 6.62. The highest BCUT2D eigenvalue weighted by atomic mass is 32.2. The van der Waals surface area contributed by atoms with Gasteiger partial charge < -0.3 is 14.2 Å². The van der Waals surface area contributed by atoms with Gasteiger partial charge in [-0.2, -0.15) is 0 Å². The lowest BCUT2D eigenvalue weighted by Crippen LogP contribution is -2.24. The molecule has 0 saturated carbocycles. The normalized spacial score (nSPS) is 11.2. The molecule has 8 nitrogen and oxygen atoms in total.